The molecule has 0 saturated heterocycles. The van der Waals surface area contributed by atoms with Crippen molar-refractivity contribution in [1.29, 1.82) is 0 Å². The minimum Gasteiger partial charge on any atom is -0.461 e. The monoisotopic (exact) mass is 406 g/mol. The van der Waals surface area contributed by atoms with E-state index in [2.05, 4.69) is 44.1 Å². The number of carbonyl (C=O) groups excluding carboxylic acids is 1. The number of esters is 1. The van der Waals surface area contributed by atoms with Crippen LogP contribution in [0.3, 0.4) is 0 Å². The second-order valence-corrected chi connectivity index (χ2v) is 6.52. The molecule has 0 bridgehead atoms. The van der Waals surface area contributed by atoms with E-state index >= 15 is 0 Å². The average molecular weight is 407 g/mol. The molecule has 0 aliphatic carbocycles. The third-order valence-electron chi connectivity index (χ3n) is 4.24. The van der Waals surface area contributed by atoms with Gasteiger partial charge in [0.15, 0.2) is 5.69 Å². The van der Waals surface area contributed by atoms with Crippen LogP contribution in [0.4, 0.5) is 0 Å². The summed E-state index contributed by atoms with van der Waals surface area (Å²) in [6.45, 7) is 2.07. The van der Waals surface area contributed by atoms with E-state index in [-0.39, 0.29) is 5.69 Å². The number of hydrogen-bond acceptors (Lipinski definition) is 4. The zero-order chi connectivity index (χ0) is 18.1. The van der Waals surface area contributed by atoms with Crippen LogP contribution in [0.2, 0.25) is 0 Å². The first kappa shape index (κ1) is 16.7. The van der Waals surface area contributed by atoms with Crippen molar-refractivity contribution in [2.75, 3.05) is 6.61 Å². The Morgan fingerprint density at radius 3 is 2.62 bits per heavy atom. The fraction of sp³-hybridized carbons (Fsp3) is 0.0952. The Morgan fingerprint density at radius 2 is 1.85 bits per heavy atom. The first-order valence-corrected chi connectivity index (χ1v) is 9.09. The van der Waals surface area contributed by atoms with Crippen LogP contribution in [0.5, 0.6) is 0 Å². The number of pyridine rings is 2. The van der Waals surface area contributed by atoms with Crippen molar-refractivity contribution >= 4 is 43.6 Å². The molecule has 0 aliphatic heterocycles. The Kier molecular flexibility index (Phi) is 4.39. The minimum absolute atomic E-state index is 0.277. The molecule has 2 heterocycles. The van der Waals surface area contributed by atoms with E-state index in [1.807, 2.05) is 36.4 Å². The maximum atomic E-state index is 12.5. The molecule has 0 radical (unpaired) electrons. The van der Waals surface area contributed by atoms with Crippen LogP contribution in [-0.2, 0) is 4.74 Å². The molecule has 0 atom stereocenters. The fourth-order valence-electron chi connectivity index (χ4n) is 3.17. The van der Waals surface area contributed by atoms with Gasteiger partial charge < -0.3 is 4.74 Å². The van der Waals surface area contributed by atoms with E-state index in [9.17, 15) is 4.79 Å². The Labute approximate surface area is 159 Å². The molecule has 128 valence electrons. The van der Waals surface area contributed by atoms with Gasteiger partial charge in [-0.2, -0.15) is 0 Å². The molecular formula is C21H15BrN2O2. The van der Waals surface area contributed by atoms with E-state index in [1.165, 1.54) is 0 Å². The summed E-state index contributed by atoms with van der Waals surface area (Å²) in [5, 5.41) is 2.58. The fourth-order valence-corrected chi connectivity index (χ4v) is 3.69. The van der Waals surface area contributed by atoms with Crippen LogP contribution in [0.25, 0.3) is 32.8 Å². The molecule has 0 fully saturated rings. The largest absolute Gasteiger partial charge is 0.461 e. The number of carbonyl (C=O) groups is 1. The SMILES string of the molecule is CCOC(=O)c1nc2cccc(-c3ccccc3)c2c2ccnc(Br)c12. The molecule has 5 heteroatoms. The summed E-state index contributed by atoms with van der Waals surface area (Å²) in [5.41, 5.74) is 3.19. The molecule has 4 nitrogen and oxygen atoms in total. The maximum Gasteiger partial charge on any atom is 0.357 e. The zero-order valence-corrected chi connectivity index (χ0v) is 15.7. The Bertz CT molecular complexity index is 1130. The molecule has 2 aromatic heterocycles. The van der Waals surface area contributed by atoms with Crippen molar-refractivity contribution in [2.45, 2.75) is 6.92 Å². The summed E-state index contributed by atoms with van der Waals surface area (Å²) in [6, 6.07) is 18.0. The van der Waals surface area contributed by atoms with Crippen molar-refractivity contribution in [3.05, 3.63) is 71.1 Å². The Hall–Kier alpha value is -2.79. The quantitative estimate of drug-likeness (QED) is 0.260. The topological polar surface area (TPSA) is 52.1 Å². The molecule has 2 aromatic carbocycles. The van der Waals surface area contributed by atoms with E-state index in [4.69, 9.17) is 4.74 Å². The van der Waals surface area contributed by atoms with Crippen LogP contribution in [-0.4, -0.2) is 22.5 Å². The van der Waals surface area contributed by atoms with Crippen molar-refractivity contribution in [3.63, 3.8) is 0 Å². The average Bonchev–Trinajstić information content (AvgIpc) is 2.68. The van der Waals surface area contributed by atoms with Gasteiger partial charge >= 0.3 is 5.97 Å². The smallest absolute Gasteiger partial charge is 0.357 e. The molecule has 0 amide bonds. The summed E-state index contributed by atoms with van der Waals surface area (Å²) in [6.07, 6.45) is 1.72. The molecule has 0 aliphatic rings. The number of aromatic nitrogens is 2. The van der Waals surface area contributed by atoms with Crippen LogP contribution in [0, 0.1) is 0 Å². The highest BCUT2D eigenvalue weighted by Crippen LogP contribution is 2.36. The summed E-state index contributed by atoms with van der Waals surface area (Å²) >= 11 is 3.47. The third kappa shape index (κ3) is 2.74. The number of nitrogens with zero attached hydrogens (tertiary/aromatic N) is 2. The van der Waals surface area contributed by atoms with Crippen molar-refractivity contribution < 1.29 is 9.53 Å². The summed E-state index contributed by atoms with van der Waals surface area (Å²) in [7, 11) is 0. The van der Waals surface area contributed by atoms with Gasteiger partial charge in [-0.15, -0.1) is 0 Å². The van der Waals surface area contributed by atoms with Gasteiger partial charge in [0, 0.05) is 17.0 Å². The molecule has 0 N–H and O–H groups in total. The number of ether oxygens (including phenoxy) is 1. The maximum absolute atomic E-state index is 12.5. The lowest BCUT2D eigenvalue weighted by Gasteiger charge is -2.13. The molecule has 0 spiro atoms. The number of rotatable bonds is 3. The number of halogens is 1. The summed E-state index contributed by atoms with van der Waals surface area (Å²) in [5.74, 6) is -0.446. The predicted molar refractivity (Wildman–Crippen MR) is 106 cm³/mol. The van der Waals surface area contributed by atoms with Gasteiger partial charge in [0.2, 0.25) is 0 Å². The van der Waals surface area contributed by atoms with Crippen LogP contribution < -0.4 is 0 Å². The van der Waals surface area contributed by atoms with Crippen LogP contribution in [0.15, 0.2) is 65.4 Å². The lowest BCUT2D eigenvalue weighted by atomic mass is 9.96. The van der Waals surface area contributed by atoms with Crippen LogP contribution in [0.1, 0.15) is 17.4 Å². The van der Waals surface area contributed by atoms with Crippen molar-refractivity contribution in [2.24, 2.45) is 0 Å². The number of benzene rings is 2. The van der Waals surface area contributed by atoms with Gasteiger partial charge in [-0.25, -0.2) is 14.8 Å². The van der Waals surface area contributed by atoms with Gasteiger partial charge in [0.05, 0.1) is 12.1 Å². The first-order valence-electron chi connectivity index (χ1n) is 8.30. The third-order valence-corrected chi connectivity index (χ3v) is 4.84. The van der Waals surface area contributed by atoms with Gasteiger partial charge in [-0.05, 0) is 51.5 Å². The van der Waals surface area contributed by atoms with Crippen LogP contribution >= 0.6 is 15.9 Å². The van der Waals surface area contributed by atoms with E-state index in [0.29, 0.717) is 16.6 Å². The second-order valence-electron chi connectivity index (χ2n) is 5.77. The lowest BCUT2D eigenvalue weighted by Crippen LogP contribution is -2.09. The van der Waals surface area contributed by atoms with E-state index in [0.717, 1.165) is 27.4 Å². The van der Waals surface area contributed by atoms with Gasteiger partial charge in [-0.1, -0.05) is 42.5 Å². The summed E-state index contributed by atoms with van der Waals surface area (Å²) in [4.78, 5) is 21.4. The molecule has 26 heavy (non-hydrogen) atoms. The minimum atomic E-state index is -0.446. The highest BCUT2D eigenvalue weighted by molar-refractivity contribution is 9.10. The second kappa shape index (κ2) is 6.84. The van der Waals surface area contributed by atoms with Gasteiger partial charge in [-0.3, -0.25) is 0 Å². The van der Waals surface area contributed by atoms with Crippen molar-refractivity contribution in [3.8, 4) is 11.1 Å². The standard InChI is InChI=1S/C21H15BrN2O2/c1-2-26-21(25)19-18-15(11-12-23-20(18)22)17-14(9-6-10-16(17)24-19)13-7-4-3-5-8-13/h3-12H,2H2,1H3. The van der Waals surface area contributed by atoms with E-state index < -0.39 is 5.97 Å². The Balaban J connectivity index is 2.14. The zero-order valence-electron chi connectivity index (χ0n) is 14.1. The molecular weight excluding hydrogens is 392 g/mol. The highest BCUT2D eigenvalue weighted by atomic mass is 79.9. The normalized spacial score (nSPS) is 11.0. The van der Waals surface area contributed by atoms with Gasteiger partial charge in [0.1, 0.15) is 4.60 Å². The van der Waals surface area contributed by atoms with Crippen molar-refractivity contribution in [1.82, 2.24) is 9.97 Å². The number of hydrogen-bond donors (Lipinski definition) is 0. The Morgan fingerprint density at radius 1 is 1.04 bits per heavy atom. The molecule has 4 rings (SSSR count). The van der Waals surface area contributed by atoms with E-state index in [1.54, 1.807) is 13.1 Å². The lowest BCUT2D eigenvalue weighted by molar-refractivity contribution is 0.0522. The molecule has 0 unspecified atom stereocenters. The first-order chi connectivity index (χ1) is 12.7. The predicted octanol–water partition coefficient (Wildman–Crippen LogP) is 5.39. The molecule has 4 aromatic rings. The molecule has 0 saturated carbocycles. The number of fused-ring (bicyclic) bond motifs is 3. The summed E-state index contributed by atoms with van der Waals surface area (Å²) < 4.78 is 5.78. The van der Waals surface area contributed by atoms with Gasteiger partial charge in [0.25, 0.3) is 0 Å². The highest BCUT2D eigenvalue weighted by Gasteiger charge is 2.20.